The first kappa shape index (κ1) is 23.7. The van der Waals surface area contributed by atoms with Crippen molar-refractivity contribution in [2.75, 3.05) is 25.9 Å². The van der Waals surface area contributed by atoms with Crippen molar-refractivity contribution in [3.05, 3.63) is 24.2 Å². The minimum absolute atomic E-state index is 0.210. The molecular formula is C18H27F3N2O5S. The molecule has 2 aliphatic rings. The van der Waals surface area contributed by atoms with Gasteiger partial charge in [-0.3, -0.25) is 4.90 Å². The molecule has 7 nitrogen and oxygen atoms in total. The van der Waals surface area contributed by atoms with Crippen LogP contribution in [0.3, 0.4) is 0 Å². The van der Waals surface area contributed by atoms with Crippen molar-refractivity contribution in [3.63, 3.8) is 0 Å². The number of carbonyl (C=O) groups is 1. The molecule has 0 radical (unpaired) electrons. The summed E-state index contributed by atoms with van der Waals surface area (Å²) in [5.41, 5.74) is 0.307. The molecule has 0 bridgehead atoms. The van der Waals surface area contributed by atoms with Crippen LogP contribution in [0.4, 0.5) is 13.2 Å². The average Bonchev–Trinajstić information content (AvgIpc) is 3.13. The van der Waals surface area contributed by atoms with E-state index in [1.807, 2.05) is 12.1 Å². The molecule has 0 amide bonds. The molecular weight excluding hydrogens is 413 g/mol. The fourth-order valence-corrected chi connectivity index (χ4v) is 5.21. The maximum Gasteiger partial charge on any atom is 0.490 e. The van der Waals surface area contributed by atoms with Crippen LogP contribution in [0, 0.1) is 5.41 Å². The highest BCUT2D eigenvalue weighted by atomic mass is 32.2. The van der Waals surface area contributed by atoms with Crippen molar-refractivity contribution < 1.29 is 35.9 Å². The minimum atomic E-state index is -5.08. The summed E-state index contributed by atoms with van der Waals surface area (Å²) in [6, 6.07) is 4.48. The molecule has 1 aliphatic carbocycles. The standard InChI is InChI=1S/C16H26N2O3S.C2HF3O2/c1-3-22(19,20)18-10-8-16(9-11-18)7-6-15(16)17(2)13-14-5-4-12-21-14;3-2(4,5)1(6)7/h4-5,12,15H,3,6-11,13H2,1-2H3;(H,6,7). The lowest BCUT2D eigenvalue weighted by molar-refractivity contribution is -0.192. The van der Waals surface area contributed by atoms with Crippen LogP contribution in [-0.4, -0.2) is 66.8 Å². The van der Waals surface area contributed by atoms with E-state index in [0.29, 0.717) is 24.5 Å². The highest BCUT2D eigenvalue weighted by Crippen LogP contribution is 2.51. The first-order valence-electron chi connectivity index (χ1n) is 9.42. The number of carboxylic acids is 1. The molecule has 1 unspecified atom stereocenters. The van der Waals surface area contributed by atoms with Crippen LogP contribution in [0.2, 0.25) is 0 Å². The van der Waals surface area contributed by atoms with Crippen molar-refractivity contribution >= 4 is 16.0 Å². The zero-order chi connectivity index (χ0) is 21.9. The molecule has 2 heterocycles. The van der Waals surface area contributed by atoms with Crippen LogP contribution < -0.4 is 0 Å². The second kappa shape index (κ2) is 9.05. The Labute approximate surface area is 168 Å². The Balaban J connectivity index is 0.000000370. The zero-order valence-corrected chi connectivity index (χ0v) is 17.3. The van der Waals surface area contributed by atoms with Gasteiger partial charge >= 0.3 is 12.1 Å². The Hall–Kier alpha value is -1.59. The van der Waals surface area contributed by atoms with Gasteiger partial charge in [0.15, 0.2) is 0 Å². The quantitative estimate of drug-likeness (QED) is 0.757. The first-order valence-corrected chi connectivity index (χ1v) is 11.0. The van der Waals surface area contributed by atoms with Crippen molar-refractivity contribution in [3.8, 4) is 0 Å². The van der Waals surface area contributed by atoms with Crippen LogP contribution in [0.5, 0.6) is 0 Å². The lowest BCUT2D eigenvalue weighted by atomic mass is 9.59. The second-order valence-electron chi connectivity index (χ2n) is 7.51. The molecule has 1 aliphatic heterocycles. The van der Waals surface area contributed by atoms with Gasteiger partial charge < -0.3 is 9.52 Å². The fourth-order valence-electron chi connectivity index (χ4n) is 4.10. The molecule has 29 heavy (non-hydrogen) atoms. The zero-order valence-electron chi connectivity index (χ0n) is 16.5. The molecule has 11 heteroatoms. The lowest BCUT2D eigenvalue weighted by Crippen LogP contribution is -2.58. The summed E-state index contributed by atoms with van der Waals surface area (Å²) in [5.74, 6) is -1.55. The SMILES string of the molecule is CCS(=O)(=O)N1CCC2(CCC2N(C)Cc2ccco2)CC1.O=C(O)C(F)(F)F. The Kier molecular flexibility index (Phi) is 7.39. The van der Waals surface area contributed by atoms with E-state index >= 15 is 0 Å². The number of piperidine rings is 1. The largest absolute Gasteiger partial charge is 0.490 e. The molecule has 1 saturated heterocycles. The van der Waals surface area contributed by atoms with Crippen LogP contribution in [0.25, 0.3) is 0 Å². The summed E-state index contributed by atoms with van der Waals surface area (Å²) in [6.07, 6.45) is 1.03. The molecule has 1 saturated carbocycles. The summed E-state index contributed by atoms with van der Waals surface area (Å²) in [5, 5.41) is 7.12. The molecule has 1 atom stereocenters. The fraction of sp³-hybridized carbons (Fsp3) is 0.722. The van der Waals surface area contributed by atoms with Crippen LogP contribution in [-0.2, 0) is 21.4 Å². The minimum Gasteiger partial charge on any atom is -0.475 e. The summed E-state index contributed by atoms with van der Waals surface area (Å²) >= 11 is 0. The van der Waals surface area contributed by atoms with Crippen LogP contribution in [0.1, 0.15) is 38.4 Å². The molecule has 1 spiro atoms. The van der Waals surface area contributed by atoms with Gasteiger partial charge in [-0.2, -0.15) is 13.2 Å². The van der Waals surface area contributed by atoms with E-state index in [2.05, 4.69) is 11.9 Å². The van der Waals surface area contributed by atoms with Gasteiger partial charge in [0.1, 0.15) is 5.76 Å². The van der Waals surface area contributed by atoms with Gasteiger partial charge in [0.25, 0.3) is 0 Å². The van der Waals surface area contributed by atoms with Crippen molar-refractivity contribution in [2.24, 2.45) is 5.41 Å². The van der Waals surface area contributed by atoms with Gasteiger partial charge in [0, 0.05) is 19.1 Å². The topological polar surface area (TPSA) is 91.1 Å². The van der Waals surface area contributed by atoms with E-state index in [4.69, 9.17) is 14.3 Å². The maximum absolute atomic E-state index is 12.0. The molecule has 1 aromatic rings. The van der Waals surface area contributed by atoms with Crippen LogP contribution in [0.15, 0.2) is 22.8 Å². The smallest absolute Gasteiger partial charge is 0.475 e. The molecule has 1 N–H and O–H groups in total. The van der Waals surface area contributed by atoms with Crippen molar-refractivity contribution in [1.82, 2.24) is 9.21 Å². The van der Waals surface area contributed by atoms with E-state index in [1.54, 1.807) is 17.5 Å². The Morgan fingerprint density at radius 2 is 1.93 bits per heavy atom. The van der Waals surface area contributed by atoms with Crippen molar-refractivity contribution in [1.29, 1.82) is 0 Å². The van der Waals surface area contributed by atoms with Crippen LogP contribution >= 0.6 is 0 Å². The van der Waals surface area contributed by atoms with Gasteiger partial charge in [-0.05, 0) is 57.2 Å². The molecule has 166 valence electrons. The number of aliphatic carboxylic acids is 1. The number of hydrogen-bond acceptors (Lipinski definition) is 5. The van der Waals surface area contributed by atoms with Gasteiger partial charge in [0.05, 0.1) is 18.6 Å². The predicted octanol–water partition coefficient (Wildman–Crippen LogP) is 2.94. The third-order valence-electron chi connectivity index (χ3n) is 5.86. The molecule has 0 aromatic carbocycles. The lowest BCUT2D eigenvalue weighted by Gasteiger charge is -2.56. The molecule has 3 rings (SSSR count). The van der Waals surface area contributed by atoms with E-state index in [0.717, 1.165) is 25.1 Å². The number of rotatable bonds is 5. The number of carboxylic acid groups (broad SMARTS) is 1. The molecule has 1 aromatic heterocycles. The van der Waals surface area contributed by atoms with Gasteiger partial charge in [0.2, 0.25) is 10.0 Å². The maximum atomic E-state index is 12.0. The van der Waals surface area contributed by atoms with E-state index < -0.39 is 22.2 Å². The molecule has 2 fully saturated rings. The predicted molar refractivity (Wildman–Crippen MR) is 99.6 cm³/mol. The number of hydrogen-bond donors (Lipinski definition) is 1. The third-order valence-corrected chi connectivity index (χ3v) is 7.74. The number of sulfonamides is 1. The summed E-state index contributed by atoms with van der Waals surface area (Å²) < 4.78 is 62.9. The van der Waals surface area contributed by atoms with E-state index in [9.17, 15) is 21.6 Å². The van der Waals surface area contributed by atoms with Gasteiger partial charge in [-0.1, -0.05) is 0 Å². The number of furan rings is 1. The van der Waals surface area contributed by atoms with E-state index in [-0.39, 0.29) is 5.75 Å². The Morgan fingerprint density at radius 3 is 2.31 bits per heavy atom. The third kappa shape index (κ3) is 5.73. The normalized spacial score (nSPS) is 22.1. The van der Waals surface area contributed by atoms with E-state index in [1.165, 1.54) is 12.8 Å². The number of alkyl halides is 3. The van der Waals surface area contributed by atoms with Gasteiger partial charge in [-0.15, -0.1) is 0 Å². The highest BCUT2D eigenvalue weighted by Gasteiger charge is 2.50. The average molecular weight is 440 g/mol. The Morgan fingerprint density at radius 1 is 1.34 bits per heavy atom. The van der Waals surface area contributed by atoms with Gasteiger partial charge in [-0.25, -0.2) is 17.5 Å². The Bertz CT molecular complexity index is 772. The highest BCUT2D eigenvalue weighted by molar-refractivity contribution is 7.89. The van der Waals surface area contributed by atoms with Crippen molar-refractivity contribution in [2.45, 2.75) is 51.4 Å². The number of nitrogens with zero attached hydrogens (tertiary/aromatic N) is 2. The summed E-state index contributed by atoms with van der Waals surface area (Å²) in [4.78, 5) is 11.3. The number of halogens is 3. The summed E-state index contributed by atoms with van der Waals surface area (Å²) in [7, 11) is -0.874. The monoisotopic (exact) mass is 440 g/mol. The first-order chi connectivity index (χ1) is 13.4. The second-order valence-corrected chi connectivity index (χ2v) is 9.77. The summed E-state index contributed by atoms with van der Waals surface area (Å²) in [6.45, 7) is 3.92.